The minimum Gasteiger partial charge on any atom is -0.497 e. The average Bonchev–Trinajstić information content (AvgIpc) is 2.75. The van der Waals surface area contributed by atoms with Crippen LogP contribution in [0.3, 0.4) is 0 Å². The molecule has 1 aromatic carbocycles. The van der Waals surface area contributed by atoms with Crippen LogP contribution in [-0.4, -0.2) is 12.2 Å². The van der Waals surface area contributed by atoms with Crippen molar-refractivity contribution < 1.29 is 9.84 Å². The second-order valence-electron chi connectivity index (χ2n) is 3.67. The predicted molar refractivity (Wildman–Crippen MR) is 66.1 cm³/mol. The molecule has 0 aliphatic heterocycles. The summed E-state index contributed by atoms with van der Waals surface area (Å²) < 4.78 is 5.14. The van der Waals surface area contributed by atoms with Crippen LogP contribution in [0.5, 0.6) is 5.75 Å². The summed E-state index contributed by atoms with van der Waals surface area (Å²) in [7, 11) is 1.63. The van der Waals surface area contributed by atoms with E-state index in [4.69, 9.17) is 4.74 Å². The normalized spacial score (nSPS) is 12.4. The highest BCUT2D eigenvalue weighted by atomic mass is 32.1. The van der Waals surface area contributed by atoms with E-state index >= 15 is 0 Å². The summed E-state index contributed by atoms with van der Waals surface area (Å²) in [4.78, 5) is 1.21. The molecule has 0 aliphatic rings. The van der Waals surface area contributed by atoms with Crippen LogP contribution in [0.4, 0.5) is 0 Å². The van der Waals surface area contributed by atoms with E-state index in [1.165, 1.54) is 4.88 Å². The van der Waals surface area contributed by atoms with Gasteiger partial charge in [-0.2, -0.15) is 0 Å². The smallest absolute Gasteiger partial charge is 0.119 e. The molecule has 0 saturated heterocycles. The summed E-state index contributed by atoms with van der Waals surface area (Å²) >= 11 is 1.65. The third-order valence-electron chi connectivity index (χ3n) is 2.48. The number of thiophene rings is 1. The van der Waals surface area contributed by atoms with E-state index in [1.807, 2.05) is 42.6 Å². The van der Waals surface area contributed by atoms with Crippen molar-refractivity contribution in [1.82, 2.24) is 0 Å². The van der Waals surface area contributed by atoms with Crippen LogP contribution >= 0.6 is 11.3 Å². The first-order valence-corrected chi connectivity index (χ1v) is 5.95. The van der Waals surface area contributed by atoms with Crippen molar-refractivity contribution in [2.45, 2.75) is 13.0 Å². The molecule has 0 spiro atoms. The second kappa shape index (κ2) is 4.68. The van der Waals surface area contributed by atoms with E-state index in [1.54, 1.807) is 18.4 Å². The fourth-order valence-corrected chi connectivity index (χ4v) is 2.33. The minimum atomic E-state index is -0.569. The van der Waals surface area contributed by atoms with Gasteiger partial charge in [-0.25, -0.2) is 0 Å². The Labute approximate surface area is 99.1 Å². The van der Waals surface area contributed by atoms with Gasteiger partial charge in [0, 0.05) is 4.88 Å². The van der Waals surface area contributed by atoms with Crippen LogP contribution in [0, 0.1) is 6.92 Å². The molecule has 3 heteroatoms. The van der Waals surface area contributed by atoms with Gasteiger partial charge in [0.15, 0.2) is 0 Å². The Hall–Kier alpha value is -1.32. The van der Waals surface area contributed by atoms with Gasteiger partial charge in [-0.1, -0.05) is 12.1 Å². The lowest BCUT2D eigenvalue weighted by Gasteiger charge is -2.10. The number of aryl methyl sites for hydroxylation is 1. The summed E-state index contributed by atoms with van der Waals surface area (Å²) in [5.74, 6) is 0.767. The molecule has 2 aromatic rings. The first-order chi connectivity index (χ1) is 7.70. The lowest BCUT2D eigenvalue weighted by molar-refractivity contribution is 0.220. The van der Waals surface area contributed by atoms with Gasteiger partial charge in [0.2, 0.25) is 0 Å². The maximum atomic E-state index is 10.2. The monoisotopic (exact) mass is 234 g/mol. The highest BCUT2D eigenvalue weighted by Gasteiger charge is 2.12. The molecule has 0 amide bonds. The molecule has 1 heterocycles. The van der Waals surface area contributed by atoms with Crippen molar-refractivity contribution in [2.24, 2.45) is 0 Å². The zero-order valence-electron chi connectivity index (χ0n) is 9.31. The van der Waals surface area contributed by atoms with Crippen LogP contribution in [-0.2, 0) is 0 Å². The molecule has 0 saturated carbocycles. The lowest BCUT2D eigenvalue weighted by atomic mass is 10.0. The van der Waals surface area contributed by atoms with Gasteiger partial charge < -0.3 is 9.84 Å². The molecule has 0 fully saturated rings. The molecule has 2 nitrogen and oxygen atoms in total. The highest BCUT2D eigenvalue weighted by molar-refractivity contribution is 7.10. The summed E-state index contributed by atoms with van der Waals surface area (Å²) in [6.07, 6.45) is -0.569. The first kappa shape index (κ1) is 11.2. The summed E-state index contributed by atoms with van der Waals surface area (Å²) in [6.45, 7) is 2.03. The fourth-order valence-electron chi connectivity index (χ4n) is 1.61. The number of aliphatic hydroxyl groups excluding tert-OH is 1. The highest BCUT2D eigenvalue weighted by Crippen LogP contribution is 2.27. The molecule has 16 heavy (non-hydrogen) atoms. The van der Waals surface area contributed by atoms with E-state index < -0.39 is 6.10 Å². The van der Waals surface area contributed by atoms with E-state index in [2.05, 4.69) is 0 Å². The largest absolute Gasteiger partial charge is 0.497 e. The number of benzene rings is 1. The van der Waals surface area contributed by atoms with Gasteiger partial charge in [0.25, 0.3) is 0 Å². The van der Waals surface area contributed by atoms with E-state index in [-0.39, 0.29) is 0 Å². The Morgan fingerprint density at radius 3 is 2.69 bits per heavy atom. The molecule has 84 valence electrons. The van der Waals surface area contributed by atoms with Crippen LogP contribution < -0.4 is 4.74 Å². The van der Waals surface area contributed by atoms with Crippen molar-refractivity contribution in [3.05, 3.63) is 51.7 Å². The number of aliphatic hydroxyl groups is 1. The van der Waals surface area contributed by atoms with E-state index in [0.29, 0.717) is 0 Å². The quantitative estimate of drug-likeness (QED) is 0.884. The SMILES string of the molecule is COc1cccc(C(O)c2csc(C)c2)c1. The van der Waals surface area contributed by atoms with Crippen molar-refractivity contribution >= 4 is 11.3 Å². The standard InChI is InChI=1S/C13H14O2S/c1-9-6-11(8-16-9)13(14)10-4-3-5-12(7-10)15-2/h3-8,13-14H,1-2H3. The number of hydrogen-bond acceptors (Lipinski definition) is 3. The van der Waals surface area contributed by atoms with Gasteiger partial charge in [-0.15, -0.1) is 11.3 Å². The molecule has 2 rings (SSSR count). The maximum absolute atomic E-state index is 10.2. The molecule has 1 N–H and O–H groups in total. The van der Waals surface area contributed by atoms with Crippen LogP contribution in [0.15, 0.2) is 35.7 Å². The van der Waals surface area contributed by atoms with Gasteiger partial charge in [-0.3, -0.25) is 0 Å². The predicted octanol–water partition coefficient (Wildman–Crippen LogP) is 3.15. The van der Waals surface area contributed by atoms with Crippen LogP contribution in [0.2, 0.25) is 0 Å². The third kappa shape index (κ3) is 2.26. The van der Waals surface area contributed by atoms with Crippen molar-refractivity contribution in [3.63, 3.8) is 0 Å². The topological polar surface area (TPSA) is 29.5 Å². The second-order valence-corrected chi connectivity index (χ2v) is 4.79. The van der Waals surface area contributed by atoms with Gasteiger partial charge >= 0.3 is 0 Å². The van der Waals surface area contributed by atoms with Crippen molar-refractivity contribution in [3.8, 4) is 5.75 Å². The van der Waals surface area contributed by atoms with Crippen molar-refractivity contribution in [1.29, 1.82) is 0 Å². The Bertz CT molecular complexity index is 476. The first-order valence-electron chi connectivity index (χ1n) is 5.08. The fraction of sp³-hybridized carbons (Fsp3) is 0.231. The zero-order chi connectivity index (χ0) is 11.5. The molecule has 1 atom stereocenters. The summed E-state index contributed by atoms with van der Waals surface area (Å²) in [5, 5.41) is 12.2. The van der Waals surface area contributed by atoms with Crippen LogP contribution in [0.25, 0.3) is 0 Å². The zero-order valence-corrected chi connectivity index (χ0v) is 10.1. The minimum absolute atomic E-state index is 0.569. The molecular formula is C13H14O2S. The number of rotatable bonds is 3. The molecular weight excluding hydrogens is 220 g/mol. The van der Waals surface area contributed by atoms with Gasteiger partial charge in [-0.05, 0) is 41.6 Å². The Balaban J connectivity index is 2.29. The maximum Gasteiger partial charge on any atom is 0.119 e. The Morgan fingerprint density at radius 2 is 2.06 bits per heavy atom. The molecule has 0 radical (unpaired) electrons. The Kier molecular flexibility index (Phi) is 3.27. The van der Waals surface area contributed by atoms with Gasteiger partial charge in [0.05, 0.1) is 7.11 Å². The van der Waals surface area contributed by atoms with Gasteiger partial charge in [0.1, 0.15) is 11.9 Å². The Morgan fingerprint density at radius 1 is 1.25 bits per heavy atom. The number of hydrogen-bond donors (Lipinski definition) is 1. The van der Waals surface area contributed by atoms with E-state index in [9.17, 15) is 5.11 Å². The summed E-state index contributed by atoms with van der Waals surface area (Å²) in [5.41, 5.74) is 1.80. The molecule has 1 aromatic heterocycles. The molecule has 1 unspecified atom stereocenters. The lowest BCUT2D eigenvalue weighted by Crippen LogP contribution is -1.98. The van der Waals surface area contributed by atoms with E-state index in [0.717, 1.165) is 16.9 Å². The molecule has 0 aliphatic carbocycles. The third-order valence-corrected chi connectivity index (χ3v) is 3.36. The average molecular weight is 234 g/mol. The van der Waals surface area contributed by atoms with Crippen LogP contribution in [0.1, 0.15) is 22.1 Å². The summed E-state index contributed by atoms with van der Waals surface area (Å²) in [6, 6.07) is 9.53. The van der Waals surface area contributed by atoms with Crippen molar-refractivity contribution in [2.75, 3.05) is 7.11 Å². The number of methoxy groups -OCH3 is 1. The molecule has 0 bridgehead atoms. The number of ether oxygens (including phenoxy) is 1.